The van der Waals surface area contributed by atoms with Crippen LogP contribution >= 0.6 is 0 Å². The number of aromatic nitrogens is 1. The van der Waals surface area contributed by atoms with Crippen LogP contribution in [0.5, 0.6) is 0 Å². The van der Waals surface area contributed by atoms with Crippen molar-refractivity contribution < 1.29 is 0 Å². The number of pyridine rings is 1. The fraction of sp³-hybridized carbons (Fsp3) is 0.750. The first-order valence-electron chi connectivity index (χ1n) is 9.54. The first-order chi connectivity index (χ1) is 11.2. The third-order valence-electron chi connectivity index (χ3n) is 5.76. The third-order valence-corrected chi connectivity index (χ3v) is 5.76. The Morgan fingerprint density at radius 3 is 2.52 bits per heavy atom. The molecule has 2 aliphatic heterocycles. The van der Waals surface area contributed by atoms with Crippen molar-refractivity contribution in [1.29, 1.82) is 0 Å². The highest BCUT2D eigenvalue weighted by atomic mass is 15.2. The second-order valence-electron chi connectivity index (χ2n) is 8.01. The van der Waals surface area contributed by atoms with Gasteiger partial charge in [-0.25, -0.2) is 0 Å². The molecule has 3 heterocycles. The monoisotopic (exact) mass is 315 g/mol. The van der Waals surface area contributed by atoms with Crippen LogP contribution in [0.25, 0.3) is 0 Å². The van der Waals surface area contributed by atoms with Crippen LogP contribution in [0.4, 0.5) is 0 Å². The Morgan fingerprint density at radius 1 is 1.09 bits per heavy atom. The van der Waals surface area contributed by atoms with Gasteiger partial charge < -0.3 is 4.90 Å². The summed E-state index contributed by atoms with van der Waals surface area (Å²) in [7, 11) is 0. The van der Waals surface area contributed by atoms with Gasteiger partial charge in [0.2, 0.25) is 0 Å². The molecule has 0 bridgehead atoms. The smallest absolute Gasteiger partial charge is 0.0312 e. The molecular formula is C20H33N3. The minimum Gasteiger partial charge on any atom is -0.303 e. The molecule has 1 unspecified atom stereocenters. The predicted molar refractivity (Wildman–Crippen MR) is 96.2 cm³/mol. The molecule has 23 heavy (non-hydrogen) atoms. The van der Waals surface area contributed by atoms with Gasteiger partial charge in [0.05, 0.1) is 0 Å². The van der Waals surface area contributed by atoms with Crippen LogP contribution in [0.3, 0.4) is 0 Å². The summed E-state index contributed by atoms with van der Waals surface area (Å²) < 4.78 is 0. The van der Waals surface area contributed by atoms with Crippen molar-refractivity contribution in [3.05, 3.63) is 30.1 Å². The molecule has 128 valence electrons. The molecule has 0 spiro atoms. The predicted octanol–water partition coefficient (Wildman–Crippen LogP) is 3.66. The average molecular weight is 316 g/mol. The summed E-state index contributed by atoms with van der Waals surface area (Å²) in [4.78, 5) is 9.56. The lowest BCUT2D eigenvalue weighted by Gasteiger charge is -2.35. The van der Waals surface area contributed by atoms with Crippen LogP contribution in [0, 0.1) is 17.8 Å². The lowest BCUT2D eigenvalue weighted by molar-refractivity contribution is 0.141. The number of piperidine rings is 1. The normalized spacial score (nSPS) is 24.6. The van der Waals surface area contributed by atoms with Crippen LogP contribution in [0.1, 0.15) is 45.1 Å². The van der Waals surface area contributed by atoms with Crippen molar-refractivity contribution in [3.8, 4) is 0 Å². The van der Waals surface area contributed by atoms with Crippen LogP contribution in [0.2, 0.25) is 0 Å². The van der Waals surface area contributed by atoms with E-state index in [0.717, 1.165) is 24.3 Å². The third kappa shape index (κ3) is 5.02. The number of hydrogen-bond donors (Lipinski definition) is 0. The van der Waals surface area contributed by atoms with Gasteiger partial charge in [0.1, 0.15) is 0 Å². The van der Waals surface area contributed by atoms with E-state index >= 15 is 0 Å². The van der Waals surface area contributed by atoms with Crippen LogP contribution in [0.15, 0.2) is 24.5 Å². The Balaban J connectivity index is 1.39. The van der Waals surface area contributed by atoms with Gasteiger partial charge in [0.25, 0.3) is 0 Å². The van der Waals surface area contributed by atoms with Gasteiger partial charge in [-0.15, -0.1) is 0 Å². The van der Waals surface area contributed by atoms with Gasteiger partial charge in [-0.3, -0.25) is 9.88 Å². The summed E-state index contributed by atoms with van der Waals surface area (Å²) in [6.07, 6.45) is 9.45. The highest BCUT2D eigenvalue weighted by Crippen LogP contribution is 2.32. The van der Waals surface area contributed by atoms with Gasteiger partial charge in [-0.1, -0.05) is 19.9 Å². The Hall–Kier alpha value is -0.930. The summed E-state index contributed by atoms with van der Waals surface area (Å²) in [5.41, 5.74) is 1.35. The molecule has 3 rings (SSSR count). The van der Waals surface area contributed by atoms with E-state index in [4.69, 9.17) is 0 Å². The van der Waals surface area contributed by atoms with Crippen molar-refractivity contribution in [1.82, 2.24) is 14.8 Å². The standard InChI is InChI=1S/C20H33N3/c1-17(2)5-10-23-13-8-20(16-23)19-6-11-22(12-7-19)15-18-4-3-9-21-14-18/h3-4,9,14,17,19-20H,5-8,10-13,15-16H2,1-2H3. The van der Waals surface area contributed by atoms with E-state index in [-0.39, 0.29) is 0 Å². The number of rotatable bonds is 6. The van der Waals surface area contributed by atoms with Gasteiger partial charge in [-0.05, 0) is 81.2 Å². The molecule has 2 aliphatic rings. The van der Waals surface area contributed by atoms with E-state index in [1.54, 1.807) is 0 Å². The Morgan fingerprint density at radius 2 is 1.83 bits per heavy atom. The van der Waals surface area contributed by atoms with Crippen molar-refractivity contribution in [2.45, 2.75) is 46.1 Å². The number of nitrogens with zero attached hydrogens (tertiary/aromatic N) is 3. The lowest BCUT2D eigenvalue weighted by Crippen LogP contribution is -2.36. The molecule has 1 aromatic heterocycles. The maximum absolute atomic E-state index is 4.23. The maximum atomic E-state index is 4.23. The van der Waals surface area contributed by atoms with E-state index in [2.05, 4.69) is 34.7 Å². The molecule has 2 fully saturated rings. The molecule has 2 saturated heterocycles. The molecule has 0 saturated carbocycles. The van der Waals surface area contributed by atoms with Crippen molar-refractivity contribution in [2.24, 2.45) is 17.8 Å². The zero-order chi connectivity index (χ0) is 16.1. The molecule has 3 nitrogen and oxygen atoms in total. The highest BCUT2D eigenvalue weighted by molar-refractivity contribution is 5.08. The maximum Gasteiger partial charge on any atom is 0.0312 e. The Bertz CT molecular complexity index is 451. The largest absolute Gasteiger partial charge is 0.303 e. The van der Waals surface area contributed by atoms with Gasteiger partial charge >= 0.3 is 0 Å². The number of hydrogen-bond acceptors (Lipinski definition) is 3. The minimum atomic E-state index is 0.838. The van der Waals surface area contributed by atoms with Gasteiger partial charge in [0.15, 0.2) is 0 Å². The molecule has 0 aliphatic carbocycles. The average Bonchev–Trinajstić information content (AvgIpc) is 3.04. The van der Waals surface area contributed by atoms with Crippen LogP contribution < -0.4 is 0 Å². The molecule has 0 radical (unpaired) electrons. The van der Waals surface area contributed by atoms with E-state index in [1.807, 2.05) is 18.5 Å². The fourth-order valence-corrected chi connectivity index (χ4v) is 4.22. The topological polar surface area (TPSA) is 19.4 Å². The first kappa shape index (κ1) is 16.9. The number of likely N-dealkylation sites (tertiary alicyclic amines) is 2. The summed E-state index contributed by atoms with van der Waals surface area (Å²) in [5, 5.41) is 0. The van der Waals surface area contributed by atoms with Crippen molar-refractivity contribution in [2.75, 3.05) is 32.7 Å². The molecule has 1 atom stereocenters. The molecular weight excluding hydrogens is 282 g/mol. The van der Waals surface area contributed by atoms with Gasteiger partial charge in [-0.2, -0.15) is 0 Å². The van der Waals surface area contributed by atoms with E-state index in [0.29, 0.717) is 0 Å². The Kier molecular flexibility index (Phi) is 6.07. The van der Waals surface area contributed by atoms with Crippen molar-refractivity contribution in [3.63, 3.8) is 0 Å². The summed E-state index contributed by atoms with van der Waals surface area (Å²) in [6, 6.07) is 4.25. The lowest BCUT2D eigenvalue weighted by atomic mass is 9.83. The van der Waals surface area contributed by atoms with Crippen LogP contribution in [-0.2, 0) is 6.54 Å². The van der Waals surface area contributed by atoms with Crippen molar-refractivity contribution >= 4 is 0 Å². The van der Waals surface area contributed by atoms with E-state index in [9.17, 15) is 0 Å². The molecule has 0 amide bonds. The quantitative estimate of drug-likeness (QED) is 0.798. The molecule has 0 N–H and O–H groups in total. The minimum absolute atomic E-state index is 0.838. The Labute approximate surface area is 142 Å². The van der Waals surface area contributed by atoms with E-state index in [1.165, 1.54) is 64.0 Å². The summed E-state index contributed by atoms with van der Waals surface area (Å²) in [5.74, 6) is 2.76. The molecule has 0 aromatic carbocycles. The fourth-order valence-electron chi connectivity index (χ4n) is 4.22. The zero-order valence-electron chi connectivity index (χ0n) is 15.0. The second-order valence-corrected chi connectivity index (χ2v) is 8.01. The summed E-state index contributed by atoms with van der Waals surface area (Å²) in [6.45, 7) is 12.3. The molecule has 3 heteroatoms. The zero-order valence-corrected chi connectivity index (χ0v) is 15.0. The SMILES string of the molecule is CC(C)CCN1CCC(C2CCN(Cc3cccnc3)CC2)C1. The second kappa shape index (κ2) is 8.25. The van der Waals surface area contributed by atoms with Crippen LogP contribution in [-0.4, -0.2) is 47.5 Å². The first-order valence-corrected chi connectivity index (χ1v) is 9.54. The summed E-state index contributed by atoms with van der Waals surface area (Å²) >= 11 is 0. The highest BCUT2D eigenvalue weighted by Gasteiger charge is 2.31. The van der Waals surface area contributed by atoms with E-state index < -0.39 is 0 Å². The molecule has 1 aromatic rings. The van der Waals surface area contributed by atoms with Gasteiger partial charge in [0, 0.05) is 25.5 Å².